The molecule has 0 saturated heterocycles. The third-order valence-corrected chi connectivity index (χ3v) is 4.71. The normalized spacial score (nSPS) is 11.1. The van der Waals surface area contributed by atoms with E-state index in [0.29, 0.717) is 11.3 Å². The van der Waals surface area contributed by atoms with Crippen molar-refractivity contribution in [2.75, 3.05) is 5.73 Å². The minimum Gasteiger partial charge on any atom is -0.398 e. The van der Waals surface area contributed by atoms with E-state index in [-0.39, 0.29) is 5.91 Å². The van der Waals surface area contributed by atoms with E-state index < -0.39 is 0 Å². The summed E-state index contributed by atoms with van der Waals surface area (Å²) in [4.78, 5) is 12.2. The van der Waals surface area contributed by atoms with E-state index in [9.17, 15) is 4.79 Å². The number of para-hydroxylation sites is 2. The molecule has 1 amide bonds. The minimum atomic E-state index is -0.326. The molecule has 0 aliphatic heterocycles. The van der Waals surface area contributed by atoms with Crippen LogP contribution in [0.25, 0.3) is 5.69 Å². The highest BCUT2D eigenvalue weighted by molar-refractivity contribution is 5.99. The van der Waals surface area contributed by atoms with Gasteiger partial charge in [0.15, 0.2) is 0 Å². The summed E-state index contributed by atoms with van der Waals surface area (Å²) in [6, 6.07) is 15.3. The fraction of sp³-hybridized carbons (Fsp3) is 0.182. The van der Waals surface area contributed by atoms with Crippen LogP contribution in [0.4, 0.5) is 5.69 Å². The van der Waals surface area contributed by atoms with Crippen molar-refractivity contribution in [3.8, 4) is 5.69 Å². The first-order valence-corrected chi connectivity index (χ1v) is 8.83. The maximum atomic E-state index is 12.2. The highest BCUT2D eigenvalue weighted by Crippen LogP contribution is 2.25. The van der Waals surface area contributed by atoms with Gasteiger partial charge in [-0.3, -0.25) is 4.79 Å². The predicted octanol–water partition coefficient (Wildman–Crippen LogP) is 4.06. The quantitative estimate of drug-likeness (QED) is 0.418. The molecule has 0 aliphatic carbocycles. The van der Waals surface area contributed by atoms with Crippen LogP contribution in [-0.4, -0.2) is 16.7 Å². The Morgan fingerprint density at radius 1 is 1.04 bits per heavy atom. The molecule has 138 valence electrons. The number of aryl methyl sites for hydroxylation is 3. The molecule has 0 bridgehead atoms. The molecule has 0 spiro atoms. The number of nitrogen functional groups attached to an aromatic ring is 1. The highest BCUT2D eigenvalue weighted by Gasteiger charge is 2.13. The second kappa shape index (κ2) is 7.50. The van der Waals surface area contributed by atoms with Crippen molar-refractivity contribution < 1.29 is 4.79 Å². The second-order valence-corrected chi connectivity index (χ2v) is 6.69. The largest absolute Gasteiger partial charge is 0.398 e. The van der Waals surface area contributed by atoms with Crippen LogP contribution in [-0.2, 0) is 0 Å². The third-order valence-electron chi connectivity index (χ3n) is 4.71. The standard InChI is InChI=1S/C22H24N4O/c1-14-8-7-9-15(2)21(14)26-16(3)12-18(17(26)4)13-24-25-22(27)19-10-5-6-11-20(19)23/h5-13H,23H2,1-4H3,(H,25,27)/b24-13+. The molecule has 0 saturated carbocycles. The maximum absolute atomic E-state index is 12.2. The molecule has 5 heteroatoms. The number of nitrogens with two attached hydrogens (primary N) is 1. The molecule has 3 aromatic rings. The summed E-state index contributed by atoms with van der Waals surface area (Å²) in [7, 11) is 0. The van der Waals surface area contributed by atoms with Crippen molar-refractivity contribution in [1.29, 1.82) is 0 Å². The predicted molar refractivity (Wildman–Crippen MR) is 111 cm³/mol. The molecule has 3 rings (SSSR count). The van der Waals surface area contributed by atoms with E-state index >= 15 is 0 Å². The van der Waals surface area contributed by atoms with E-state index in [0.717, 1.165) is 17.0 Å². The second-order valence-electron chi connectivity index (χ2n) is 6.69. The van der Waals surface area contributed by atoms with Crippen molar-refractivity contribution in [3.63, 3.8) is 0 Å². The zero-order chi connectivity index (χ0) is 19.6. The number of nitrogens with one attached hydrogen (secondary N) is 1. The zero-order valence-electron chi connectivity index (χ0n) is 16.1. The summed E-state index contributed by atoms with van der Waals surface area (Å²) < 4.78 is 2.23. The number of rotatable bonds is 4. The molecular weight excluding hydrogens is 336 g/mol. The van der Waals surface area contributed by atoms with Crippen molar-refractivity contribution >= 4 is 17.8 Å². The summed E-state index contributed by atoms with van der Waals surface area (Å²) in [5.41, 5.74) is 16.0. The maximum Gasteiger partial charge on any atom is 0.273 e. The summed E-state index contributed by atoms with van der Waals surface area (Å²) in [6.45, 7) is 8.34. The van der Waals surface area contributed by atoms with Gasteiger partial charge in [-0.15, -0.1) is 0 Å². The van der Waals surface area contributed by atoms with Gasteiger partial charge in [-0.2, -0.15) is 5.10 Å². The SMILES string of the molecule is Cc1cccc(C)c1-n1c(C)cc(/C=N/NC(=O)c2ccccc2N)c1C. The van der Waals surface area contributed by atoms with Crippen LogP contribution in [0.2, 0.25) is 0 Å². The Morgan fingerprint density at radius 3 is 2.37 bits per heavy atom. The van der Waals surface area contributed by atoms with E-state index in [2.05, 4.69) is 67.1 Å². The van der Waals surface area contributed by atoms with Crippen molar-refractivity contribution in [2.45, 2.75) is 27.7 Å². The zero-order valence-corrected chi connectivity index (χ0v) is 16.1. The van der Waals surface area contributed by atoms with Crippen LogP contribution < -0.4 is 11.2 Å². The van der Waals surface area contributed by atoms with Gasteiger partial charge in [0.2, 0.25) is 0 Å². The molecule has 5 nitrogen and oxygen atoms in total. The first kappa shape index (κ1) is 18.5. The third kappa shape index (κ3) is 3.62. The average molecular weight is 360 g/mol. The Bertz CT molecular complexity index is 1010. The number of benzene rings is 2. The van der Waals surface area contributed by atoms with Crippen LogP contribution >= 0.6 is 0 Å². The number of hydrogen-bond donors (Lipinski definition) is 2. The van der Waals surface area contributed by atoms with Gasteiger partial charge in [-0.25, -0.2) is 5.43 Å². The molecule has 0 fully saturated rings. The monoisotopic (exact) mass is 360 g/mol. The van der Waals surface area contributed by atoms with Crippen LogP contribution in [0.15, 0.2) is 53.6 Å². The van der Waals surface area contributed by atoms with Crippen LogP contribution in [0.3, 0.4) is 0 Å². The van der Waals surface area contributed by atoms with Crippen molar-refractivity contribution in [3.05, 3.63) is 82.2 Å². The fourth-order valence-corrected chi connectivity index (χ4v) is 3.35. The van der Waals surface area contributed by atoms with Crippen LogP contribution in [0.1, 0.15) is 38.4 Å². The number of aromatic nitrogens is 1. The molecule has 0 radical (unpaired) electrons. The molecule has 3 N–H and O–H groups in total. The number of hydrazone groups is 1. The van der Waals surface area contributed by atoms with Gasteiger partial charge in [-0.05, 0) is 57.0 Å². The first-order chi connectivity index (χ1) is 12.9. The van der Waals surface area contributed by atoms with Gasteiger partial charge in [0.1, 0.15) is 0 Å². The van der Waals surface area contributed by atoms with E-state index in [1.165, 1.54) is 16.8 Å². The number of anilines is 1. The molecule has 0 aliphatic rings. The summed E-state index contributed by atoms with van der Waals surface area (Å²) in [5, 5.41) is 4.12. The van der Waals surface area contributed by atoms with Gasteiger partial charge >= 0.3 is 0 Å². The Kier molecular flexibility index (Phi) is 5.12. The first-order valence-electron chi connectivity index (χ1n) is 8.83. The Hall–Kier alpha value is -3.34. The van der Waals surface area contributed by atoms with Crippen molar-refractivity contribution in [2.24, 2.45) is 5.10 Å². The van der Waals surface area contributed by atoms with Crippen LogP contribution in [0.5, 0.6) is 0 Å². The summed E-state index contributed by atoms with van der Waals surface area (Å²) in [5.74, 6) is -0.326. The van der Waals surface area contributed by atoms with E-state index in [1.807, 2.05) is 0 Å². The fourth-order valence-electron chi connectivity index (χ4n) is 3.35. The molecule has 0 unspecified atom stereocenters. The average Bonchev–Trinajstić information content (AvgIpc) is 2.90. The van der Waals surface area contributed by atoms with Gasteiger partial charge < -0.3 is 10.3 Å². The number of nitrogens with zero attached hydrogens (tertiary/aromatic N) is 2. The van der Waals surface area contributed by atoms with Crippen molar-refractivity contribution in [1.82, 2.24) is 9.99 Å². The van der Waals surface area contributed by atoms with E-state index in [4.69, 9.17) is 5.73 Å². The lowest BCUT2D eigenvalue weighted by Gasteiger charge is -2.15. The Labute approximate surface area is 159 Å². The Balaban J connectivity index is 1.86. The molecule has 1 aromatic heterocycles. The van der Waals surface area contributed by atoms with Crippen LogP contribution in [0, 0.1) is 27.7 Å². The number of carbonyl (C=O) groups is 1. The van der Waals surface area contributed by atoms with Gasteiger partial charge in [0, 0.05) is 22.6 Å². The number of carbonyl (C=O) groups excluding carboxylic acids is 1. The summed E-state index contributed by atoms with van der Waals surface area (Å²) in [6.07, 6.45) is 1.67. The molecule has 27 heavy (non-hydrogen) atoms. The lowest BCUT2D eigenvalue weighted by molar-refractivity contribution is 0.0956. The molecular formula is C22H24N4O. The molecule has 2 aromatic carbocycles. The van der Waals surface area contributed by atoms with E-state index in [1.54, 1.807) is 30.5 Å². The lowest BCUT2D eigenvalue weighted by Crippen LogP contribution is -2.19. The lowest BCUT2D eigenvalue weighted by atomic mass is 10.1. The Morgan fingerprint density at radius 2 is 1.70 bits per heavy atom. The highest BCUT2D eigenvalue weighted by atomic mass is 16.2. The summed E-state index contributed by atoms with van der Waals surface area (Å²) >= 11 is 0. The van der Waals surface area contributed by atoms with Gasteiger partial charge in [-0.1, -0.05) is 30.3 Å². The number of hydrogen-bond acceptors (Lipinski definition) is 3. The molecule has 0 atom stereocenters. The van der Waals surface area contributed by atoms with Gasteiger partial charge in [0.05, 0.1) is 17.5 Å². The smallest absolute Gasteiger partial charge is 0.273 e. The van der Waals surface area contributed by atoms with Gasteiger partial charge in [0.25, 0.3) is 5.91 Å². The number of amides is 1. The minimum absolute atomic E-state index is 0.326. The molecule has 1 heterocycles. The topological polar surface area (TPSA) is 72.4 Å².